The molecule has 5 rings (SSSR count). The smallest absolute Gasteiger partial charge is 0.410 e. The van der Waals surface area contributed by atoms with Gasteiger partial charge in [-0.1, -0.05) is 65.0 Å². The van der Waals surface area contributed by atoms with Gasteiger partial charge in [-0.2, -0.15) is 0 Å². The van der Waals surface area contributed by atoms with Crippen LogP contribution in [-0.2, 0) is 47.6 Å². The van der Waals surface area contributed by atoms with Crippen LogP contribution in [0.1, 0.15) is 126 Å². The minimum Gasteiger partial charge on any atom is -0.456 e. The number of methoxy groups -OCH3 is 3. The van der Waals surface area contributed by atoms with Crippen molar-refractivity contribution in [1.29, 1.82) is 5.41 Å². The van der Waals surface area contributed by atoms with Crippen molar-refractivity contribution in [3.63, 3.8) is 0 Å². The van der Waals surface area contributed by atoms with Gasteiger partial charge in [0.15, 0.2) is 0 Å². The number of hydrogen-bond acceptors (Lipinski definition) is 16. The van der Waals surface area contributed by atoms with E-state index in [4.69, 9.17) is 39.6 Å². The number of hydrogen-bond donors (Lipinski definition) is 6. The number of rotatable bonds is 10. The topological polar surface area (TPSA) is 290 Å². The van der Waals surface area contributed by atoms with E-state index in [1.165, 1.54) is 24.0 Å². The number of hydrazine groups is 1. The molecule has 19 nitrogen and oxygen atoms in total. The molecule has 19 heteroatoms. The van der Waals surface area contributed by atoms with E-state index in [0.717, 1.165) is 12.0 Å². The summed E-state index contributed by atoms with van der Waals surface area (Å²) in [5, 5.41) is 31.8. The Bertz CT molecular complexity index is 1890. The zero-order chi connectivity index (χ0) is 52.0. The predicted octanol–water partition coefficient (Wildman–Crippen LogP) is 4.89. The minimum atomic E-state index is -2.54. The highest BCUT2D eigenvalue weighted by atomic mass is 16.7. The third-order valence-corrected chi connectivity index (χ3v) is 15.1. The van der Waals surface area contributed by atoms with Crippen LogP contribution >= 0.6 is 0 Å². The van der Waals surface area contributed by atoms with Crippen molar-refractivity contribution < 1.29 is 62.6 Å². The molecule has 5 aliphatic rings. The Hall–Kier alpha value is -4.08. The number of aliphatic hydroxyl groups is 2. The first-order chi connectivity index (χ1) is 33.3. The molecule has 2 bridgehead atoms. The van der Waals surface area contributed by atoms with Crippen LogP contribution in [0.25, 0.3) is 0 Å². The Morgan fingerprint density at radius 3 is 2.20 bits per heavy atom. The number of nitrogens with two attached hydrogens (primary N) is 3. The van der Waals surface area contributed by atoms with E-state index in [9.17, 15) is 34.2 Å². The van der Waals surface area contributed by atoms with E-state index in [-0.39, 0.29) is 62.6 Å². The highest BCUT2D eigenvalue weighted by molar-refractivity contribution is 6.39. The van der Waals surface area contributed by atoms with Crippen LogP contribution in [0.2, 0.25) is 0 Å². The van der Waals surface area contributed by atoms with Gasteiger partial charge in [-0.25, -0.2) is 9.59 Å². The van der Waals surface area contributed by atoms with Crippen molar-refractivity contribution in [2.75, 3.05) is 41.0 Å². The van der Waals surface area contributed by atoms with Crippen LogP contribution < -0.4 is 17.4 Å². The van der Waals surface area contributed by atoms with E-state index in [2.05, 4.69) is 11.7 Å². The molecule has 0 radical (unpaired) electrons. The fourth-order valence-corrected chi connectivity index (χ4v) is 10.8. The fraction of sp³-hybridized carbons (Fsp3) is 0.769. The van der Waals surface area contributed by atoms with E-state index in [1.54, 1.807) is 27.9 Å². The summed E-state index contributed by atoms with van der Waals surface area (Å²) in [5.41, 5.74) is 7.18. The van der Waals surface area contributed by atoms with Gasteiger partial charge in [-0.3, -0.25) is 31.5 Å². The molecule has 0 unspecified atom stereocenters. The van der Waals surface area contributed by atoms with Gasteiger partial charge in [0.25, 0.3) is 11.7 Å². The number of ketones is 2. The number of allylic oxidation sites excluding steroid dienone is 5. The molecule has 4 aliphatic heterocycles. The summed E-state index contributed by atoms with van der Waals surface area (Å²) in [6.45, 7) is 11.9. The Morgan fingerprint density at radius 1 is 0.930 bits per heavy atom. The summed E-state index contributed by atoms with van der Waals surface area (Å²) in [4.78, 5) is 73.3. The van der Waals surface area contributed by atoms with Crippen LogP contribution in [0.15, 0.2) is 35.5 Å². The van der Waals surface area contributed by atoms with E-state index >= 15 is 0 Å². The summed E-state index contributed by atoms with van der Waals surface area (Å²) in [7, 11) is 4.61. The number of amides is 2. The maximum absolute atomic E-state index is 14.6. The lowest BCUT2D eigenvalue weighted by molar-refractivity contribution is -0.302. The lowest BCUT2D eigenvalue weighted by Gasteiger charge is -2.47. The standard InChI is InChI=1S/C51H80N4O13.CH4.H4N2/c1-10-11-12-15-35-21-29(2)20-30(3)22-42(64-8)45-43(65-9)24-32(5)51(62,68-45)46(58)48(59)55-19-14-13-16-37(55)49(60)67-44(33(6)38(56)26-39(35)57)31(4)23-34-17-18-40(41(25-34)63-7)66-50(61)54-27-36(28-54)47(52)53;;1-2/h11-12,21,23,30,32-38,40-45,56,62H,10,13-20,22,24-28H2,1-9H3,(H3,52,53);1H4;1-2H2/b12-11+,29-21+,31-23+;;/t30-,32+,33+,34-,35+,37-,38-,40+,41+,42-,43-,44+,45+,51+;;/m0../s1. The van der Waals surface area contributed by atoms with E-state index in [0.29, 0.717) is 70.0 Å². The summed E-state index contributed by atoms with van der Waals surface area (Å²) in [5.74, 6) is -0.164. The number of fused-ring (bicyclic) bond motifs is 3. The van der Waals surface area contributed by atoms with Gasteiger partial charge in [0, 0.05) is 65.1 Å². The lowest BCUT2D eigenvalue weighted by Crippen LogP contribution is -2.64. The van der Waals surface area contributed by atoms with Crippen LogP contribution in [0.3, 0.4) is 0 Å². The number of ether oxygens (including phenoxy) is 6. The van der Waals surface area contributed by atoms with Crippen molar-refractivity contribution >= 4 is 35.4 Å². The first-order valence-corrected chi connectivity index (χ1v) is 25.1. The van der Waals surface area contributed by atoms with Crippen molar-refractivity contribution in [3.8, 4) is 0 Å². The zero-order valence-electron chi connectivity index (χ0n) is 43.0. The molecule has 4 heterocycles. The van der Waals surface area contributed by atoms with E-state index < -0.39 is 96.1 Å². The summed E-state index contributed by atoms with van der Waals surface area (Å²) < 4.78 is 36.2. The maximum Gasteiger partial charge on any atom is 0.410 e. The number of aliphatic hydroxyl groups excluding tert-OH is 1. The quantitative estimate of drug-likeness (QED) is 0.0323. The Labute approximate surface area is 422 Å². The van der Waals surface area contributed by atoms with Gasteiger partial charge >= 0.3 is 12.1 Å². The van der Waals surface area contributed by atoms with Crippen LogP contribution in [-0.4, -0.2) is 151 Å². The third kappa shape index (κ3) is 15.5. The van der Waals surface area contributed by atoms with Crippen LogP contribution in [0, 0.1) is 40.9 Å². The number of carbonyl (C=O) groups is 5. The maximum atomic E-state index is 14.6. The van der Waals surface area contributed by atoms with Crippen LogP contribution in [0.4, 0.5) is 4.79 Å². The summed E-state index contributed by atoms with van der Waals surface area (Å²) in [6, 6.07) is -1.18. The molecule has 9 N–H and O–H groups in total. The molecule has 1 saturated carbocycles. The molecule has 4 fully saturated rings. The highest BCUT2D eigenvalue weighted by Crippen LogP contribution is 2.40. The SMILES string of the molecule is C.CC/C=C/C[C@@H]1/C=C(\C)C[C@H](C)C[C@H](OC)[C@H]2O[C@@](O)(C(=O)C(=O)N3CCCC[C@H]3C(=O)O[C@H](/C(C)=C/[C@@H]3CC[C@@H](OC(=O)N4CC(C(=N)N)C4)[C@H](OC)C3)[C@H](C)[C@@H](O)CC1=O)[C@H](C)C[C@@H]2OC.NN. The molecular weight excluding hydrogens is 917 g/mol. The number of cyclic esters (lactones) is 1. The number of likely N-dealkylation sites (tertiary alicyclic amines) is 1. The van der Waals surface area contributed by atoms with Crippen molar-refractivity contribution in [1.82, 2.24) is 9.80 Å². The van der Waals surface area contributed by atoms with Gasteiger partial charge in [-0.05, 0) is 102 Å². The number of esters is 1. The second-order valence-electron chi connectivity index (χ2n) is 20.3. The molecule has 3 saturated heterocycles. The molecule has 14 atom stereocenters. The van der Waals surface area contributed by atoms with Gasteiger partial charge in [-0.15, -0.1) is 0 Å². The molecule has 0 aromatic carbocycles. The average Bonchev–Trinajstić information content (AvgIpc) is 3.32. The summed E-state index contributed by atoms with van der Waals surface area (Å²) in [6.07, 6.45) is 7.17. The second kappa shape index (κ2) is 28.4. The normalized spacial score (nSPS) is 36.1. The van der Waals surface area contributed by atoms with E-state index in [1.807, 2.05) is 45.1 Å². The number of carbonyl (C=O) groups excluding carboxylic acids is 5. The number of Topliss-reactive ketones (excluding diaryl/α,β-unsaturated/α-hetero) is 2. The van der Waals surface area contributed by atoms with Gasteiger partial charge in [0.1, 0.15) is 30.1 Å². The number of nitrogens with zero attached hydrogens (tertiary/aromatic N) is 2. The lowest BCUT2D eigenvalue weighted by atomic mass is 9.81. The van der Waals surface area contributed by atoms with Crippen molar-refractivity contribution in [2.24, 2.45) is 52.9 Å². The first-order valence-electron chi connectivity index (χ1n) is 25.1. The molecule has 71 heavy (non-hydrogen) atoms. The third-order valence-electron chi connectivity index (χ3n) is 15.1. The number of piperidine rings is 1. The molecule has 1 aliphatic carbocycles. The Kier molecular flexibility index (Phi) is 24.5. The van der Waals surface area contributed by atoms with Gasteiger partial charge in [0.05, 0.1) is 36.2 Å². The van der Waals surface area contributed by atoms with Gasteiger partial charge < -0.3 is 54.2 Å². The summed E-state index contributed by atoms with van der Waals surface area (Å²) >= 11 is 0. The zero-order valence-corrected chi connectivity index (χ0v) is 43.0. The minimum absolute atomic E-state index is 0. The molecule has 0 aromatic heterocycles. The highest BCUT2D eigenvalue weighted by Gasteiger charge is 2.56. The van der Waals surface area contributed by atoms with Crippen molar-refractivity contribution in [2.45, 2.75) is 181 Å². The molecule has 0 aromatic rings. The monoisotopic (exact) mass is 1000 g/mol. The van der Waals surface area contributed by atoms with Crippen LogP contribution in [0.5, 0.6) is 0 Å². The molecule has 0 spiro atoms. The second-order valence-corrected chi connectivity index (χ2v) is 20.3. The Balaban J connectivity index is 0.00000438. The Morgan fingerprint density at radius 2 is 1.58 bits per heavy atom. The number of amidine groups is 1. The molecular formula is C52H88N6O13. The largest absolute Gasteiger partial charge is 0.456 e. The molecule has 2 amide bonds. The predicted molar refractivity (Wildman–Crippen MR) is 268 cm³/mol. The van der Waals surface area contributed by atoms with Crippen molar-refractivity contribution in [3.05, 3.63) is 35.5 Å². The average molecular weight is 1010 g/mol. The number of nitrogens with one attached hydrogen (secondary N) is 1. The fourth-order valence-electron chi connectivity index (χ4n) is 10.8. The molecule has 404 valence electrons. The van der Waals surface area contributed by atoms with Gasteiger partial charge in [0.2, 0.25) is 5.79 Å². The first kappa shape index (κ1) is 61.2.